The first-order valence-electron chi connectivity index (χ1n) is 6.18. The number of anilines is 1. The third-order valence-electron chi connectivity index (χ3n) is 3.13. The SMILES string of the molecule is Cc1ccc[n+](CC(=O)Nc2ccc(F)c(F)c2)c1C. The van der Waals surface area contributed by atoms with E-state index >= 15 is 0 Å². The first kappa shape index (κ1) is 14.1. The maximum Gasteiger partial charge on any atom is 0.290 e. The Morgan fingerprint density at radius 2 is 1.95 bits per heavy atom. The molecular formula is C15H15F2N2O+. The predicted molar refractivity (Wildman–Crippen MR) is 71.1 cm³/mol. The third kappa shape index (κ3) is 3.17. The van der Waals surface area contributed by atoms with Gasteiger partial charge in [-0.1, -0.05) is 0 Å². The number of hydrogen-bond donors (Lipinski definition) is 1. The minimum absolute atomic E-state index is 0.118. The fraction of sp³-hybridized carbons (Fsp3) is 0.200. The molecule has 0 aliphatic carbocycles. The van der Waals surface area contributed by atoms with Crippen LogP contribution in [-0.2, 0) is 11.3 Å². The van der Waals surface area contributed by atoms with Crippen molar-refractivity contribution in [2.45, 2.75) is 20.4 Å². The van der Waals surface area contributed by atoms with E-state index in [0.717, 1.165) is 23.4 Å². The smallest absolute Gasteiger partial charge is 0.290 e. The van der Waals surface area contributed by atoms with Gasteiger partial charge in [0.25, 0.3) is 5.91 Å². The normalized spacial score (nSPS) is 10.4. The molecule has 0 saturated heterocycles. The van der Waals surface area contributed by atoms with Crippen LogP contribution in [0.15, 0.2) is 36.5 Å². The average Bonchev–Trinajstić information content (AvgIpc) is 2.39. The van der Waals surface area contributed by atoms with E-state index in [1.807, 2.05) is 26.0 Å². The summed E-state index contributed by atoms with van der Waals surface area (Å²) < 4.78 is 27.6. The summed E-state index contributed by atoms with van der Waals surface area (Å²) >= 11 is 0. The minimum atomic E-state index is -0.984. The Hall–Kier alpha value is -2.30. The molecule has 3 nitrogen and oxygen atoms in total. The summed E-state index contributed by atoms with van der Waals surface area (Å²) in [5, 5.41) is 2.54. The van der Waals surface area contributed by atoms with E-state index in [1.165, 1.54) is 6.07 Å². The lowest BCUT2D eigenvalue weighted by molar-refractivity contribution is -0.690. The number of pyridine rings is 1. The van der Waals surface area contributed by atoms with Crippen molar-refractivity contribution in [3.63, 3.8) is 0 Å². The van der Waals surface area contributed by atoms with E-state index in [0.29, 0.717) is 0 Å². The Morgan fingerprint density at radius 3 is 2.65 bits per heavy atom. The molecule has 1 N–H and O–H groups in total. The van der Waals surface area contributed by atoms with Crippen molar-refractivity contribution < 1.29 is 18.1 Å². The van der Waals surface area contributed by atoms with Crippen molar-refractivity contribution in [1.29, 1.82) is 0 Å². The summed E-state index contributed by atoms with van der Waals surface area (Å²) in [5.74, 6) is -2.22. The topological polar surface area (TPSA) is 33.0 Å². The lowest BCUT2D eigenvalue weighted by atomic mass is 10.2. The van der Waals surface area contributed by atoms with Gasteiger partial charge in [-0.25, -0.2) is 8.78 Å². The van der Waals surface area contributed by atoms with Gasteiger partial charge in [0.1, 0.15) is 0 Å². The number of nitrogens with zero attached hydrogens (tertiary/aromatic N) is 1. The Bertz CT molecular complexity index is 656. The molecule has 104 valence electrons. The highest BCUT2D eigenvalue weighted by atomic mass is 19.2. The Morgan fingerprint density at radius 1 is 1.20 bits per heavy atom. The number of carbonyl (C=O) groups excluding carboxylic acids is 1. The van der Waals surface area contributed by atoms with E-state index in [2.05, 4.69) is 5.32 Å². The largest absolute Gasteiger partial charge is 0.320 e. The van der Waals surface area contributed by atoms with Crippen molar-refractivity contribution in [2.24, 2.45) is 0 Å². The molecule has 1 heterocycles. The van der Waals surface area contributed by atoms with Crippen molar-refractivity contribution in [1.82, 2.24) is 0 Å². The number of carbonyl (C=O) groups is 1. The molecule has 5 heteroatoms. The predicted octanol–water partition coefficient (Wildman–Crippen LogP) is 2.51. The van der Waals surface area contributed by atoms with Gasteiger partial charge in [-0.3, -0.25) is 4.79 Å². The molecule has 2 rings (SSSR count). The quantitative estimate of drug-likeness (QED) is 0.859. The molecule has 1 aromatic carbocycles. The number of rotatable bonds is 3. The van der Waals surface area contributed by atoms with Gasteiger partial charge in [0.2, 0.25) is 6.54 Å². The fourth-order valence-electron chi connectivity index (χ4n) is 1.85. The van der Waals surface area contributed by atoms with Gasteiger partial charge in [0.15, 0.2) is 23.5 Å². The van der Waals surface area contributed by atoms with Crippen LogP contribution < -0.4 is 9.88 Å². The van der Waals surface area contributed by atoms with E-state index in [9.17, 15) is 13.6 Å². The molecule has 0 spiro atoms. The second-order valence-corrected chi connectivity index (χ2v) is 4.58. The number of benzene rings is 1. The molecule has 20 heavy (non-hydrogen) atoms. The average molecular weight is 277 g/mol. The number of aryl methyl sites for hydroxylation is 1. The lowest BCUT2D eigenvalue weighted by Gasteiger charge is -2.05. The van der Waals surface area contributed by atoms with E-state index in [-0.39, 0.29) is 18.1 Å². The van der Waals surface area contributed by atoms with Crippen LogP contribution in [0.2, 0.25) is 0 Å². The van der Waals surface area contributed by atoms with Crippen LogP contribution in [0.25, 0.3) is 0 Å². The number of amides is 1. The van der Waals surface area contributed by atoms with Crippen LogP contribution in [0.3, 0.4) is 0 Å². The Balaban J connectivity index is 2.09. The van der Waals surface area contributed by atoms with Gasteiger partial charge in [0.05, 0.1) is 0 Å². The first-order valence-corrected chi connectivity index (χ1v) is 6.18. The zero-order valence-corrected chi connectivity index (χ0v) is 11.3. The molecule has 0 atom stereocenters. The van der Waals surface area contributed by atoms with Crippen LogP contribution in [0.4, 0.5) is 14.5 Å². The molecule has 0 radical (unpaired) electrons. The highest BCUT2D eigenvalue weighted by Gasteiger charge is 2.14. The number of aromatic nitrogens is 1. The van der Waals surface area contributed by atoms with Crippen molar-refractivity contribution in [3.05, 3.63) is 59.4 Å². The van der Waals surface area contributed by atoms with Crippen LogP contribution in [0.5, 0.6) is 0 Å². The molecule has 0 unspecified atom stereocenters. The summed E-state index contributed by atoms with van der Waals surface area (Å²) in [6.07, 6.45) is 1.80. The first-order chi connectivity index (χ1) is 9.47. The molecule has 0 aliphatic heterocycles. The van der Waals surface area contributed by atoms with Crippen molar-refractivity contribution in [3.8, 4) is 0 Å². The zero-order valence-electron chi connectivity index (χ0n) is 11.3. The fourth-order valence-corrected chi connectivity index (χ4v) is 1.85. The number of halogens is 2. The molecule has 1 aromatic heterocycles. The Kier molecular flexibility index (Phi) is 4.08. The number of hydrogen-bond acceptors (Lipinski definition) is 1. The molecule has 0 aliphatic rings. The van der Waals surface area contributed by atoms with Crippen LogP contribution in [0.1, 0.15) is 11.3 Å². The Labute approximate surface area is 115 Å². The summed E-state index contributed by atoms with van der Waals surface area (Å²) in [6.45, 7) is 3.99. The lowest BCUT2D eigenvalue weighted by Crippen LogP contribution is -2.43. The van der Waals surface area contributed by atoms with Gasteiger partial charge in [0, 0.05) is 30.3 Å². The molecule has 0 saturated carbocycles. The molecule has 1 amide bonds. The minimum Gasteiger partial charge on any atom is -0.320 e. The van der Waals surface area contributed by atoms with E-state index in [1.54, 1.807) is 10.8 Å². The summed E-state index contributed by atoms with van der Waals surface area (Å²) in [5.41, 5.74) is 2.29. The van der Waals surface area contributed by atoms with Crippen LogP contribution in [0, 0.1) is 25.5 Å². The molecular weight excluding hydrogens is 262 g/mol. The standard InChI is InChI=1S/C15H14F2N2O/c1-10-4-3-7-19(11(10)2)9-15(20)18-12-5-6-13(16)14(17)8-12/h3-8H,9H2,1-2H3/p+1. The third-order valence-corrected chi connectivity index (χ3v) is 3.13. The summed E-state index contributed by atoms with van der Waals surface area (Å²) in [7, 11) is 0. The van der Waals surface area contributed by atoms with E-state index < -0.39 is 11.6 Å². The van der Waals surface area contributed by atoms with Crippen molar-refractivity contribution >= 4 is 11.6 Å². The zero-order chi connectivity index (χ0) is 14.7. The maximum atomic E-state index is 13.0. The van der Waals surface area contributed by atoms with Crippen molar-refractivity contribution in [2.75, 3.05) is 5.32 Å². The van der Waals surface area contributed by atoms with Gasteiger partial charge in [-0.05, 0) is 25.1 Å². The highest BCUT2D eigenvalue weighted by Crippen LogP contribution is 2.12. The van der Waals surface area contributed by atoms with E-state index in [4.69, 9.17) is 0 Å². The summed E-state index contributed by atoms with van der Waals surface area (Å²) in [4.78, 5) is 11.9. The highest BCUT2D eigenvalue weighted by molar-refractivity contribution is 5.89. The molecule has 2 aromatic rings. The van der Waals surface area contributed by atoms with Gasteiger partial charge < -0.3 is 5.32 Å². The second kappa shape index (κ2) is 5.77. The number of nitrogens with one attached hydrogen (secondary N) is 1. The monoisotopic (exact) mass is 277 g/mol. The molecule has 0 fully saturated rings. The second-order valence-electron chi connectivity index (χ2n) is 4.58. The van der Waals surface area contributed by atoms with Gasteiger partial charge in [-0.15, -0.1) is 0 Å². The van der Waals surface area contributed by atoms with Gasteiger partial charge >= 0.3 is 0 Å². The maximum absolute atomic E-state index is 13.0. The van der Waals surface area contributed by atoms with Crippen LogP contribution in [-0.4, -0.2) is 5.91 Å². The van der Waals surface area contributed by atoms with Crippen LogP contribution >= 0.6 is 0 Å². The summed E-state index contributed by atoms with van der Waals surface area (Å²) in [6, 6.07) is 7.08. The van der Waals surface area contributed by atoms with Gasteiger partial charge in [-0.2, -0.15) is 4.57 Å². The molecule has 0 bridgehead atoms.